The summed E-state index contributed by atoms with van der Waals surface area (Å²) in [5.41, 5.74) is 2.86. The van der Waals surface area contributed by atoms with Crippen LogP contribution in [-0.4, -0.2) is 51.9 Å². The van der Waals surface area contributed by atoms with E-state index in [1.807, 2.05) is 41.2 Å². The predicted molar refractivity (Wildman–Crippen MR) is 97.1 cm³/mol. The lowest BCUT2D eigenvalue weighted by atomic mass is 10.0. The summed E-state index contributed by atoms with van der Waals surface area (Å²) in [5.74, 6) is 0.344. The minimum absolute atomic E-state index is 0.0270. The Morgan fingerprint density at radius 2 is 2.25 bits per heavy atom. The van der Waals surface area contributed by atoms with Crippen LogP contribution in [0.15, 0.2) is 46.1 Å². The summed E-state index contributed by atoms with van der Waals surface area (Å²) >= 11 is 3.09. The number of piperidine rings is 1. The maximum atomic E-state index is 12.1. The molecule has 3 rings (SSSR count). The molecule has 1 saturated heterocycles. The number of hydrogen-bond donors (Lipinski definition) is 2. The Hall–Kier alpha value is -1.41. The number of aliphatic hydroxyl groups is 1. The largest absolute Gasteiger partial charge is 0.390 e. The molecule has 1 aromatic carbocycles. The fraction of sp³-hybridized carbons (Fsp3) is 0.412. The van der Waals surface area contributed by atoms with Crippen molar-refractivity contribution in [3.8, 4) is 0 Å². The average Bonchev–Trinajstić information content (AvgIpc) is 3.09. The van der Waals surface area contributed by atoms with Crippen molar-refractivity contribution in [3.63, 3.8) is 0 Å². The van der Waals surface area contributed by atoms with Crippen LogP contribution >= 0.6 is 23.1 Å². The van der Waals surface area contributed by atoms with Crippen LogP contribution in [0.3, 0.4) is 0 Å². The number of aromatic nitrogens is 1. The minimum Gasteiger partial charge on any atom is -0.390 e. The summed E-state index contributed by atoms with van der Waals surface area (Å²) in [7, 11) is 0. The maximum absolute atomic E-state index is 12.1. The number of amides is 1. The molecule has 5 nitrogen and oxygen atoms in total. The number of carbonyl (C=O) groups excluding carboxylic acids is 1. The number of carbonyl (C=O) groups is 1. The Morgan fingerprint density at radius 1 is 1.42 bits per heavy atom. The number of benzene rings is 1. The van der Waals surface area contributed by atoms with Gasteiger partial charge in [-0.2, -0.15) is 0 Å². The number of aliphatic hydroxyl groups excluding tert-OH is 1. The third-order valence-electron chi connectivity index (χ3n) is 3.99. The Labute approximate surface area is 150 Å². The first-order valence-corrected chi connectivity index (χ1v) is 9.88. The topological polar surface area (TPSA) is 65.5 Å². The van der Waals surface area contributed by atoms with Crippen LogP contribution in [-0.2, 0) is 11.3 Å². The number of nitrogens with one attached hydrogen (secondary N) is 1. The smallest absolute Gasteiger partial charge is 0.230 e. The first-order chi connectivity index (χ1) is 11.7. The van der Waals surface area contributed by atoms with Gasteiger partial charge in [0.1, 0.15) is 0 Å². The summed E-state index contributed by atoms with van der Waals surface area (Å²) in [4.78, 5) is 19.6. The molecule has 0 unspecified atom stereocenters. The molecule has 0 saturated carbocycles. The second-order valence-corrected chi connectivity index (χ2v) is 7.61. The first kappa shape index (κ1) is 17.4. The Kier molecular flexibility index (Phi) is 6.25. The van der Waals surface area contributed by atoms with Gasteiger partial charge in [-0.3, -0.25) is 9.69 Å². The average molecular weight is 364 g/mol. The Morgan fingerprint density at radius 3 is 2.96 bits per heavy atom. The highest BCUT2D eigenvalue weighted by Gasteiger charge is 2.28. The molecule has 0 spiro atoms. The van der Waals surface area contributed by atoms with Gasteiger partial charge in [0.2, 0.25) is 5.91 Å². The lowest BCUT2D eigenvalue weighted by Gasteiger charge is -2.35. The third kappa shape index (κ3) is 5.04. The molecule has 0 bridgehead atoms. The quantitative estimate of drug-likeness (QED) is 0.769. The van der Waals surface area contributed by atoms with Crippen LogP contribution in [0.2, 0.25) is 0 Å². The highest BCUT2D eigenvalue weighted by molar-refractivity contribution is 8.00. The van der Waals surface area contributed by atoms with E-state index in [0.29, 0.717) is 12.3 Å². The molecular formula is C17H21N3O2S2. The van der Waals surface area contributed by atoms with Gasteiger partial charge in [-0.25, -0.2) is 4.98 Å². The molecule has 0 radical (unpaired) electrons. The van der Waals surface area contributed by atoms with E-state index in [0.717, 1.165) is 30.1 Å². The minimum atomic E-state index is -0.539. The van der Waals surface area contributed by atoms with Crippen molar-refractivity contribution < 1.29 is 9.90 Å². The van der Waals surface area contributed by atoms with Gasteiger partial charge in [0.25, 0.3) is 0 Å². The van der Waals surface area contributed by atoms with E-state index < -0.39 is 6.10 Å². The molecule has 2 atom stereocenters. The van der Waals surface area contributed by atoms with Crippen molar-refractivity contribution >= 4 is 29.0 Å². The molecule has 24 heavy (non-hydrogen) atoms. The lowest BCUT2D eigenvalue weighted by Crippen LogP contribution is -2.54. The van der Waals surface area contributed by atoms with Gasteiger partial charge in [0.15, 0.2) is 0 Å². The van der Waals surface area contributed by atoms with Gasteiger partial charge < -0.3 is 10.4 Å². The van der Waals surface area contributed by atoms with Gasteiger partial charge in [-0.15, -0.1) is 23.1 Å². The molecule has 0 aliphatic carbocycles. The van der Waals surface area contributed by atoms with Gasteiger partial charge in [-0.1, -0.05) is 18.2 Å². The van der Waals surface area contributed by atoms with E-state index in [-0.39, 0.29) is 11.9 Å². The lowest BCUT2D eigenvalue weighted by molar-refractivity contribution is -0.120. The standard InChI is InChI=1S/C17H21N3O2S2/c21-16-9-20(8-13-10-23-12-18-13)7-6-15(16)19-17(22)11-24-14-4-2-1-3-5-14/h1-5,10,12,15-16,21H,6-9,11H2,(H,19,22)/t15-,16-/m1/s1. The van der Waals surface area contributed by atoms with Crippen molar-refractivity contribution in [2.24, 2.45) is 0 Å². The molecule has 1 aliphatic heterocycles. The number of thioether (sulfide) groups is 1. The van der Waals surface area contributed by atoms with Crippen LogP contribution in [0.25, 0.3) is 0 Å². The molecule has 1 aromatic heterocycles. The number of rotatable bonds is 6. The Balaban J connectivity index is 1.42. The van der Waals surface area contributed by atoms with E-state index in [2.05, 4.69) is 15.2 Å². The predicted octanol–water partition coefficient (Wildman–Crippen LogP) is 1.99. The molecular weight excluding hydrogens is 342 g/mol. The number of thiazole rings is 1. The fourth-order valence-electron chi connectivity index (χ4n) is 2.77. The zero-order valence-corrected chi connectivity index (χ0v) is 14.9. The van der Waals surface area contributed by atoms with E-state index >= 15 is 0 Å². The van der Waals surface area contributed by atoms with Crippen molar-refractivity contribution in [2.45, 2.75) is 30.0 Å². The zero-order valence-electron chi connectivity index (χ0n) is 13.3. The molecule has 2 heterocycles. The SMILES string of the molecule is O=C(CSc1ccccc1)N[C@@H]1CCN(Cc2cscn2)C[C@H]1O. The number of likely N-dealkylation sites (tertiary alicyclic amines) is 1. The number of nitrogens with zero attached hydrogens (tertiary/aromatic N) is 2. The van der Waals surface area contributed by atoms with E-state index in [1.165, 1.54) is 11.8 Å². The summed E-state index contributed by atoms with van der Waals surface area (Å²) in [6, 6.07) is 9.69. The third-order valence-corrected chi connectivity index (χ3v) is 5.64. The first-order valence-electron chi connectivity index (χ1n) is 7.95. The fourth-order valence-corrected chi connectivity index (χ4v) is 4.05. The summed E-state index contributed by atoms with van der Waals surface area (Å²) in [6.07, 6.45) is 0.218. The van der Waals surface area contributed by atoms with Crippen LogP contribution in [0, 0.1) is 0 Å². The van der Waals surface area contributed by atoms with E-state index in [1.54, 1.807) is 11.3 Å². The van der Waals surface area contributed by atoms with Gasteiger partial charge in [-0.05, 0) is 18.6 Å². The van der Waals surface area contributed by atoms with Crippen molar-refractivity contribution in [3.05, 3.63) is 46.9 Å². The summed E-state index contributed by atoms with van der Waals surface area (Å²) < 4.78 is 0. The van der Waals surface area contributed by atoms with Crippen LogP contribution in [0.4, 0.5) is 0 Å². The second kappa shape index (κ2) is 8.62. The molecule has 1 aliphatic rings. The van der Waals surface area contributed by atoms with Crippen molar-refractivity contribution in [1.29, 1.82) is 0 Å². The van der Waals surface area contributed by atoms with Gasteiger partial charge >= 0.3 is 0 Å². The highest BCUT2D eigenvalue weighted by atomic mass is 32.2. The maximum Gasteiger partial charge on any atom is 0.230 e. The van der Waals surface area contributed by atoms with Gasteiger partial charge in [0, 0.05) is 29.9 Å². The summed E-state index contributed by atoms with van der Waals surface area (Å²) in [5, 5.41) is 15.3. The van der Waals surface area contributed by atoms with Gasteiger partial charge in [0.05, 0.1) is 29.1 Å². The van der Waals surface area contributed by atoms with Crippen LogP contribution in [0.5, 0.6) is 0 Å². The Bertz CT molecular complexity index is 637. The van der Waals surface area contributed by atoms with Crippen LogP contribution in [0.1, 0.15) is 12.1 Å². The monoisotopic (exact) mass is 363 g/mol. The molecule has 2 aromatic rings. The second-order valence-electron chi connectivity index (χ2n) is 5.85. The molecule has 128 valence electrons. The molecule has 2 N–H and O–H groups in total. The molecule has 1 fully saturated rings. The van der Waals surface area contributed by atoms with E-state index in [9.17, 15) is 9.90 Å². The van der Waals surface area contributed by atoms with Crippen molar-refractivity contribution in [1.82, 2.24) is 15.2 Å². The highest BCUT2D eigenvalue weighted by Crippen LogP contribution is 2.18. The number of β-amino-alcohol motifs (C(OH)–C–C–N with tert-alkyl or cyclic N) is 1. The normalized spacial score (nSPS) is 21.5. The zero-order chi connectivity index (χ0) is 16.8. The van der Waals surface area contributed by atoms with Crippen LogP contribution < -0.4 is 5.32 Å². The van der Waals surface area contributed by atoms with E-state index in [4.69, 9.17) is 0 Å². The summed E-state index contributed by atoms with van der Waals surface area (Å²) in [6.45, 7) is 2.17. The number of hydrogen-bond acceptors (Lipinski definition) is 6. The van der Waals surface area contributed by atoms with Crippen molar-refractivity contribution in [2.75, 3.05) is 18.8 Å². The molecule has 7 heteroatoms. The molecule has 1 amide bonds.